The average Bonchev–Trinajstić information content (AvgIpc) is 2.99. The van der Waals surface area contributed by atoms with Crippen LogP contribution in [0.1, 0.15) is 10.5 Å². The zero-order valence-corrected chi connectivity index (χ0v) is 12.4. The summed E-state index contributed by atoms with van der Waals surface area (Å²) < 4.78 is 24.0. The predicted molar refractivity (Wildman–Crippen MR) is 81.6 cm³/mol. The minimum atomic E-state index is -0.751. The summed E-state index contributed by atoms with van der Waals surface area (Å²) in [4.78, 5) is 22.9. The minimum Gasteiger partial charge on any atom is -0.491 e. The first kappa shape index (κ1) is 14.8. The van der Waals surface area contributed by atoms with Gasteiger partial charge in [-0.15, -0.1) is 0 Å². The summed E-state index contributed by atoms with van der Waals surface area (Å²) in [6.07, 6.45) is 1.69. The van der Waals surface area contributed by atoms with Gasteiger partial charge in [-0.1, -0.05) is 0 Å². The molecule has 23 heavy (non-hydrogen) atoms. The van der Waals surface area contributed by atoms with Crippen molar-refractivity contribution in [1.29, 1.82) is 0 Å². The van der Waals surface area contributed by atoms with Crippen LogP contribution in [0.3, 0.4) is 0 Å². The fraction of sp³-hybridized carbons (Fsp3) is 0.133. The lowest BCUT2D eigenvalue weighted by Crippen LogP contribution is -2.12. The average molecular weight is 316 g/mol. The van der Waals surface area contributed by atoms with E-state index in [1.54, 1.807) is 18.3 Å². The number of rotatable bonds is 3. The third kappa shape index (κ3) is 2.44. The van der Waals surface area contributed by atoms with Gasteiger partial charge in [-0.05, 0) is 18.2 Å². The van der Waals surface area contributed by atoms with Crippen LogP contribution in [-0.4, -0.2) is 35.1 Å². The number of fused-ring (bicyclic) bond motifs is 1. The molecule has 0 fully saturated rings. The molecular formula is C15H13FN4O3. The highest BCUT2D eigenvalue weighted by atomic mass is 19.1. The Morgan fingerprint density at radius 3 is 2.78 bits per heavy atom. The maximum atomic E-state index is 14.3. The lowest BCUT2D eigenvalue weighted by Gasteiger charge is -2.11. The molecule has 0 bridgehead atoms. The molecule has 3 aromatic rings. The number of carbonyl (C=O) groups is 1. The van der Waals surface area contributed by atoms with Crippen LogP contribution >= 0.6 is 0 Å². The molecule has 0 amide bonds. The first-order valence-corrected chi connectivity index (χ1v) is 6.62. The topological polar surface area (TPSA) is 103 Å². The Morgan fingerprint density at radius 2 is 2.09 bits per heavy atom. The first-order chi connectivity index (χ1) is 11.0. The van der Waals surface area contributed by atoms with Crippen molar-refractivity contribution < 1.29 is 18.7 Å². The normalized spacial score (nSPS) is 10.7. The van der Waals surface area contributed by atoms with Gasteiger partial charge in [0.15, 0.2) is 23.1 Å². The van der Waals surface area contributed by atoms with Gasteiger partial charge < -0.3 is 20.2 Å². The largest absolute Gasteiger partial charge is 0.491 e. The monoisotopic (exact) mass is 316 g/mol. The van der Waals surface area contributed by atoms with Crippen LogP contribution in [0.5, 0.6) is 5.75 Å². The number of H-pyrrole nitrogens is 1. The number of nitrogens with one attached hydrogen (secondary N) is 1. The number of nitrogens with zero attached hydrogens (tertiary/aromatic N) is 2. The number of nitrogen functional groups attached to an aromatic ring is 1. The summed E-state index contributed by atoms with van der Waals surface area (Å²) in [7, 11) is 2.53. The van der Waals surface area contributed by atoms with Crippen molar-refractivity contribution in [2.45, 2.75) is 0 Å². The smallest absolute Gasteiger partial charge is 0.360 e. The van der Waals surface area contributed by atoms with E-state index >= 15 is 0 Å². The molecule has 0 unspecified atom stereocenters. The van der Waals surface area contributed by atoms with Crippen LogP contribution in [0.2, 0.25) is 0 Å². The summed E-state index contributed by atoms with van der Waals surface area (Å²) in [5.74, 6) is -1.40. The molecule has 0 aliphatic carbocycles. The van der Waals surface area contributed by atoms with Crippen LogP contribution in [-0.2, 0) is 4.74 Å². The highest BCUT2D eigenvalue weighted by molar-refractivity contribution is 5.93. The Labute approximate surface area is 130 Å². The molecule has 1 aromatic carbocycles. The standard InChI is InChI=1S/C15H13FN4O3/c1-22-12-11(15(21)23-2)19-14(20-13(12)17)8-6-10-7(3-4-18-10)5-9(8)16/h3-6,18H,1-2H3,(H2,17,19,20). The quantitative estimate of drug-likeness (QED) is 0.718. The Morgan fingerprint density at radius 1 is 1.30 bits per heavy atom. The van der Waals surface area contributed by atoms with Gasteiger partial charge in [0, 0.05) is 17.1 Å². The van der Waals surface area contributed by atoms with E-state index in [0.29, 0.717) is 10.9 Å². The van der Waals surface area contributed by atoms with Crippen molar-refractivity contribution in [3.63, 3.8) is 0 Å². The molecule has 0 saturated heterocycles. The Balaban J connectivity index is 2.24. The number of benzene rings is 1. The maximum Gasteiger partial charge on any atom is 0.360 e. The van der Waals surface area contributed by atoms with Crippen LogP contribution in [0.25, 0.3) is 22.3 Å². The Bertz CT molecular complexity index is 907. The molecule has 118 valence electrons. The van der Waals surface area contributed by atoms with E-state index in [0.717, 1.165) is 0 Å². The van der Waals surface area contributed by atoms with Crippen LogP contribution in [0, 0.1) is 5.82 Å². The number of halogens is 1. The maximum absolute atomic E-state index is 14.3. The number of aromatic amines is 1. The summed E-state index contributed by atoms with van der Waals surface area (Å²) in [5, 5.41) is 0.709. The third-order valence-corrected chi connectivity index (χ3v) is 3.36. The molecule has 0 atom stereocenters. The summed E-state index contributed by atoms with van der Waals surface area (Å²) >= 11 is 0. The molecule has 0 spiro atoms. The highest BCUT2D eigenvalue weighted by Gasteiger charge is 2.22. The number of hydrogen-bond donors (Lipinski definition) is 2. The van der Waals surface area contributed by atoms with Crippen molar-refractivity contribution in [3.8, 4) is 17.1 Å². The van der Waals surface area contributed by atoms with E-state index in [-0.39, 0.29) is 28.6 Å². The number of hydrogen-bond acceptors (Lipinski definition) is 6. The molecule has 2 aromatic heterocycles. The van der Waals surface area contributed by atoms with E-state index in [1.165, 1.54) is 20.3 Å². The van der Waals surface area contributed by atoms with E-state index < -0.39 is 11.8 Å². The van der Waals surface area contributed by atoms with Crippen molar-refractivity contribution in [1.82, 2.24) is 15.0 Å². The van der Waals surface area contributed by atoms with Crippen LogP contribution < -0.4 is 10.5 Å². The highest BCUT2D eigenvalue weighted by Crippen LogP contribution is 2.30. The number of aromatic nitrogens is 3. The number of esters is 1. The summed E-state index contributed by atoms with van der Waals surface area (Å²) in [6, 6.07) is 4.64. The van der Waals surface area contributed by atoms with Crippen molar-refractivity contribution in [2.75, 3.05) is 20.0 Å². The van der Waals surface area contributed by atoms with E-state index in [4.69, 9.17) is 10.5 Å². The van der Waals surface area contributed by atoms with Crippen LogP contribution in [0.4, 0.5) is 10.2 Å². The van der Waals surface area contributed by atoms with Gasteiger partial charge in [-0.3, -0.25) is 0 Å². The van der Waals surface area contributed by atoms with Crippen LogP contribution in [0.15, 0.2) is 24.4 Å². The second-order valence-electron chi connectivity index (χ2n) is 4.70. The van der Waals surface area contributed by atoms with E-state index in [2.05, 4.69) is 19.7 Å². The molecule has 3 N–H and O–H groups in total. The summed E-state index contributed by atoms with van der Waals surface area (Å²) in [6.45, 7) is 0. The number of carbonyl (C=O) groups excluding carboxylic acids is 1. The summed E-state index contributed by atoms with van der Waals surface area (Å²) in [5.41, 5.74) is 6.45. The zero-order chi connectivity index (χ0) is 16.6. The van der Waals surface area contributed by atoms with Gasteiger partial charge in [-0.2, -0.15) is 0 Å². The zero-order valence-electron chi connectivity index (χ0n) is 12.4. The van der Waals surface area contributed by atoms with Gasteiger partial charge in [0.05, 0.1) is 19.8 Å². The van der Waals surface area contributed by atoms with E-state index in [1.807, 2.05) is 0 Å². The Hall–Kier alpha value is -3.16. The number of nitrogens with two attached hydrogens (primary N) is 1. The molecule has 0 aliphatic heterocycles. The lowest BCUT2D eigenvalue weighted by atomic mass is 10.1. The molecule has 0 aliphatic rings. The Kier molecular flexibility index (Phi) is 3.57. The number of ether oxygens (including phenoxy) is 2. The fourth-order valence-corrected chi connectivity index (χ4v) is 2.27. The predicted octanol–water partition coefficient (Wildman–Crippen LogP) is 2.14. The molecule has 7 nitrogen and oxygen atoms in total. The van der Waals surface area contributed by atoms with Crippen molar-refractivity contribution in [2.24, 2.45) is 0 Å². The van der Waals surface area contributed by atoms with Gasteiger partial charge in [0.25, 0.3) is 0 Å². The van der Waals surface area contributed by atoms with Gasteiger partial charge in [-0.25, -0.2) is 19.2 Å². The number of anilines is 1. The minimum absolute atomic E-state index is 0.0121. The lowest BCUT2D eigenvalue weighted by molar-refractivity contribution is 0.0590. The molecule has 0 radical (unpaired) electrons. The molecule has 3 rings (SSSR count). The third-order valence-electron chi connectivity index (χ3n) is 3.36. The second kappa shape index (κ2) is 5.56. The van der Waals surface area contributed by atoms with Gasteiger partial charge >= 0.3 is 5.97 Å². The molecule has 0 saturated carbocycles. The van der Waals surface area contributed by atoms with Crippen molar-refractivity contribution in [3.05, 3.63) is 35.9 Å². The molecule has 8 heteroatoms. The van der Waals surface area contributed by atoms with Gasteiger partial charge in [0.2, 0.25) is 0 Å². The fourth-order valence-electron chi connectivity index (χ4n) is 2.27. The molecular weight excluding hydrogens is 303 g/mol. The molecule has 2 heterocycles. The second-order valence-corrected chi connectivity index (χ2v) is 4.70. The number of methoxy groups -OCH3 is 2. The SMILES string of the molecule is COC(=O)c1nc(-c2cc3[nH]ccc3cc2F)nc(N)c1OC. The van der Waals surface area contributed by atoms with E-state index in [9.17, 15) is 9.18 Å². The first-order valence-electron chi connectivity index (χ1n) is 6.62. The van der Waals surface area contributed by atoms with Crippen molar-refractivity contribution >= 4 is 22.7 Å². The van der Waals surface area contributed by atoms with Gasteiger partial charge in [0.1, 0.15) is 5.82 Å².